The van der Waals surface area contributed by atoms with Gasteiger partial charge in [-0.15, -0.1) is 0 Å². The first-order valence-corrected chi connectivity index (χ1v) is 6.03. The van der Waals surface area contributed by atoms with E-state index in [1.54, 1.807) is 18.2 Å². The second-order valence-electron chi connectivity index (χ2n) is 4.62. The topological polar surface area (TPSA) is 49.3 Å². The standard InChI is InChI=1S/C14H16FNO2/c15-12-3-1-2-10(6-12)4-5-14(18)16-9-11-7-13(17)8-11/h1-6,11,13,17H,7-9H2,(H,16,18). The van der Waals surface area contributed by atoms with Crippen LogP contribution in [0.5, 0.6) is 0 Å². The van der Waals surface area contributed by atoms with Gasteiger partial charge >= 0.3 is 0 Å². The molecular weight excluding hydrogens is 233 g/mol. The first-order valence-electron chi connectivity index (χ1n) is 6.03. The third-order valence-corrected chi connectivity index (χ3v) is 3.05. The predicted octanol–water partition coefficient (Wildman–Crippen LogP) is 1.73. The normalized spacial score (nSPS) is 22.8. The number of hydrogen-bond donors (Lipinski definition) is 2. The molecule has 0 radical (unpaired) electrons. The van der Waals surface area contributed by atoms with Crippen LogP contribution >= 0.6 is 0 Å². The molecule has 0 saturated heterocycles. The Morgan fingerprint density at radius 1 is 1.50 bits per heavy atom. The molecule has 1 saturated carbocycles. The Bertz CT molecular complexity index is 453. The Kier molecular flexibility index (Phi) is 4.10. The van der Waals surface area contributed by atoms with Crippen LogP contribution in [0.15, 0.2) is 30.3 Å². The lowest BCUT2D eigenvalue weighted by atomic mass is 9.82. The van der Waals surface area contributed by atoms with Crippen molar-refractivity contribution in [1.82, 2.24) is 5.32 Å². The minimum Gasteiger partial charge on any atom is -0.393 e. The van der Waals surface area contributed by atoms with Crippen LogP contribution in [-0.4, -0.2) is 23.7 Å². The van der Waals surface area contributed by atoms with Crippen molar-refractivity contribution in [2.45, 2.75) is 18.9 Å². The van der Waals surface area contributed by atoms with Crippen LogP contribution < -0.4 is 5.32 Å². The number of carbonyl (C=O) groups excluding carboxylic acids is 1. The fraction of sp³-hybridized carbons (Fsp3) is 0.357. The van der Waals surface area contributed by atoms with Crippen molar-refractivity contribution in [3.63, 3.8) is 0 Å². The average molecular weight is 249 g/mol. The number of amides is 1. The summed E-state index contributed by atoms with van der Waals surface area (Å²) in [6, 6.07) is 6.06. The average Bonchev–Trinajstić information content (AvgIpc) is 2.31. The summed E-state index contributed by atoms with van der Waals surface area (Å²) in [5, 5.41) is 11.9. The summed E-state index contributed by atoms with van der Waals surface area (Å²) in [6.07, 6.45) is 4.29. The number of aliphatic hydroxyl groups excluding tert-OH is 1. The third-order valence-electron chi connectivity index (χ3n) is 3.05. The first-order chi connectivity index (χ1) is 8.63. The van der Waals surface area contributed by atoms with E-state index in [0.29, 0.717) is 18.0 Å². The van der Waals surface area contributed by atoms with Crippen molar-refractivity contribution >= 4 is 12.0 Å². The van der Waals surface area contributed by atoms with E-state index in [-0.39, 0.29) is 17.8 Å². The summed E-state index contributed by atoms with van der Waals surface area (Å²) in [4.78, 5) is 11.5. The Morgan fingerprint density at radius 2 is 2.28 bits per heavy atom. The zero-order chi connectivity index (χ0) is 13.0. The lowest BCUT2D eigenvalue weighted by Crippen LogP contribution is -2.37. The van der Waals surface area contributed by atoms with Crippen LogP contribution in [0.25, 0.3) is 6.08 Å². The van der Waals surface area contributed by atoms with Crippen LogP contribution in [0.3, 0.4) is 0 Å². The minimum atomic E-state index is -0.319. The molecule has 0 bridgehead atoms. The zero-order valence-corrected chi connectivity index (χ0v) is 9.97. The van der Waals surface area contributed by atoms with E-state index in [2.05, 4.69) is 5.32 Å². The summed E-state index contributed by atoms with van der Waals surface area (Å²) < 4.78 is 12.9. The maximum atomic E-state index is 12.9. The molecule has 1 aliphatic carbocycles. The highest BCUT2D eigenvalue weighted by Gasteiger charge is 2.26. The predicted molar refractivity (Wildman–Crippen MR) is 67.2 cm³/mol. The lowest BCUT2D eigenvalue weighted by Gasteiger charge is -2.31. The van der Waals surface area contributed by atoms with E-state index >= 15 is 0 Å². The Labute approximate surface area is 105 Å². The van der Waals surface area contributed by atoms with Gasteiger partial charge in [0.2, 0.25) is 5.91 Å². The Hall–Kier alpha value is -1.68. The molecule has 3 nitrogen and oxygen atoms in total. The second kappa shape index (κ2) is 5.78. The molecule has 4 heteroatoms. The summed E-state index contributed by atoms with van der Waals surface area (Å²) in [5.74, 6) is -0.131. The number of rotatable bonds is 4. The fourth-order valence-electron chi connectivity index (χ4n) is 1.95. The molecule has 1 fully saturated rings. The van der Waals surface area contributed by atoms with Crippen LogP contribution in [0.2, 0.25) is 0 Å². The van der Waals surface area contributed by atoms with E-state index in [1.165, 1.54) is 18.2 Å². The van der Waals surface area contributed by atoms with Crippen LogP contribution in [-0.2, 0) is 4.79 Å². The maximum Gasteiger partial charge on any atom is 0.244 e. The molecule has 96 valence electrons. The van der Waals surface area contributed by atoms with Gasteiger partial charge in [0, 0.05) is 12.6 Å². The molecule has 0 unspecified atom stereocenters. The van der Waals surface area contributed by atoms with Gasteiger partial charge in [0.15, 0.2) is 0 Å². The van der Waals surface area contributed by atoms with Gasteiger partial charge in [-0.05, 0) is 42.5 Å². The van der Waals surface area contributed by atoms with Gasteiger partial charge in [-0.25, -0.2) is 4.39 Å². The number of carbonyl (C=O) groups is 1. The van der Waals surface area contributed by atoms with Crippen molar-refractivity contribution in [1.29, 1.82) is 0 Å². The van der Waals surface area contributed by atoms with Crippen molar-refractivity contribution in [2.75, 3.05) is 6.54 Å². The Morgan fingerprint density at radius 3 is 2.94 bits per heavy atom. The van der Waals surface area contributed by atoms with Gasteiger partial charge in [-0.2, -0.15) is 0 Å². The molecule has 0 spiro atoms. The number of hydrogen-bond acceptors (Lipinski definition) is 2. The quantitative estimate of drug-likeness (QED) is 0.798. The minimum absolute atomic E-state index is 0.194. The van der Waals surface area contributed by atoms with Crippen LogP contribution in [0.4, 0.5) is 4.39 Å². The third kappa shape index (κ3) is 3.67. The SMILES string of the molecule is O=C(C=Cc1cccc(F)c1)NCC1CC(O)C1. The monoisotopic (exact) mass is 249 g/mol. The summed E-state index contributed by atoms with van der Waals surface area (Å²) in [7, 11) is 0. The largest absolute Gasteiger partial charge is 0.393 e. The van der Waals surface area contributed by atoms with Crippen molar-refractivity contribution in [3.8, 4) is 0 Å². The molecule has 1 aliphatic rings. The number of halogens is 1. The number of benzene rings is 1. The highest BCUT2D eigenvalue weighted by Crippen LogP contribution is 2.25. The van der Waals surface area contributed by atoms with Gasteiger partial charge in [0.05, 0.1) is 6.10 Å². The molecule has 0 aromatic heterocycles. The van der Waals surface area contributed by atoms with Gasteiger partial charge in [0.25, 0.3) is 0 Å². The van der Waals surface area contributed by atoms with E-state index in [9.17, 15) is 9.18 Å². The molecule has 2 N–H and O–H groups in total. The molecule has 2 rings (SSSR count). The van der Waals surface area contributed by atoms with E-state index in [1.807, 2.05) is 0 Å². The Balaban J connectivity index is 1.76. The van der Waals surface area contributed by atoms with Gasteiger partial charge < -0.3 is 10.4 Å². The fourth-order valence-corrected chi connectivity index (χ4v) is 1.95. The van der Waals surface area contributed by atoms with Crippen LogP contribution in [0, 0.1) is 11.7 Å². The van der Waals surface area contributed by atoms with E-state index in [4.69, 9.17) is 5.11 Å². The number of nitrogens with one attached hydrogen (secondary N) is 1. The maximum absolute atomic E-state index is 12.9. The summed E-state index contributed by atoms with van der Waals surface area (Å²) >= 11 is 0. The van der Waals surface area contributed by atoms with Gasteiger partial charge in [0.1, 0.15) is 5.82 Å². The molecule has 1 aromatic carbocycles. The van der Waals surface area contributed by atoms with Crippen LogP contribution in [0.1, 0.15) is 18.4 Å². The molecule has 0 heterocycles. The van der Waals surface area contributed by atoms with Crippen molar-refractivity contribution in [3.05, 3.63) is 41.7 Å². The first kappa shape index (κ1) is 12.8. The van der Waals surface area contributed by atoms with Gasteiger partial charge in [-0.3, -0.25) is 4.79 Å². The van der Waals surface area contributed by atoms with Crippen molar-refractivity contribution in [2.24, 2.45) is 5.92 Å². The second-order valence-corrected chi connectivity index (χ2v) is 4.62. The molecule has 1 aromatic rings. The molecule has 18 heavy (non-hydrogen) atoms. The smallest absolute Gasteiger partial charge is 0.244 e. The molecular formula is C14H16FNO2. The summed E-state index contributed by atoms with van der Waals surface area (Å²) in [6.45, 7) is 0.587. The van der Waals surface area contributed by atoms with E-state index < -0.39 is 0 Å². The summed E-state index contributed by atoms with van der Waals surface area (Å²) in [5.41, 5.74) is 0.657. The molecule has 0 atom stereocenters. The lowest BCUT2D eigenvalue weighted by molar-refractivity contribution is -0.117. The number of aliphatic hydroxyl groups is 1. The molecule has 0 aliphatic heterocycles. The highest BCUT2D eigenvalue weighted by atomic mass is 19.1. The van der Waals surface area contributed by atoms with Crippen molar-refractivity contribution < 1.29 is 14.3 Å². The highest BCUT2D eigenvalue weighted by molar-refractivity contribution is 5.91. The molecule has 1 amide bonds. The van der Waals surface area contributed by atoms with Gasteiger partial charge in [-0.1, -0.05) is 12.1 Å². The van der Waals surface area contributed by atoms with E-state index in [0.717, 1.165) is 12.8 Å². The zero-order valence-electron chi connectivity index (χ0n) is 9.97.